The maximum Gasteiger partial charge on any atom is 0.242 e. The molecule has 1 atom stereocenters. The molecule has 0 unspecified atom stereocenters. The molecular formula is C26H34Cl2N2O2. The minimum atomic E-state index is -0.598. The summed E-state index contributed by atoms with van der Waals surface area (Å²) in [6.07, 6.45) is 0.944. The van der Waals surface area contributed by atoms with Crippen LogP contribution in [0.4, 0.5) is 0 Å². The molecule has 0 saturated carbocycles. The van der Waals surface area contributed by atoms with Crippen molar-refractivity contribution in [1.82, 2.24) is 10.2 Å². The molecule has 0 bridgehead atoms. The number of halogens is 2. The molecule has 2 amide bonds. The van der Waals surface area contributed by atoms with Gasteiger partial charge in [-0.3, -0.25) is 9.59 Å². The van der Waals surface area contributed by atoms with Crippen molar-refractivity contribution >= 4 is 35.0 Å². The van der Waals surface area contributed by atoms with Gasteiger partial charge in [-0.2, -0.15) is 0 Å². The van der Waals surface area contributed by atoms with Gasteiger partial charge in [0.2, 0.25) is 11.8 Å². The Morgan fingerprint density at radius 2 is 1.53 bits per heavy atom. The molecule has 1 N–H and O–H groups in total. The van der Waals surface area contributed by atoms with Crippen LogP contribution in [0.2, 0.25) is 10.0 Å². The average Bonchev–Trinajstić information content (AvgIpc) is 2.76. The van der Waals surface area contributed by atoms with Gasteiger partial charge in [-0.25, -0.2) is 0 Å². The Labute approximate surface area is 202 Å². The zero-order valence-corrected chi connectivity index (χ0v) is 21.1. The van der Waals surface area contributed by atoms with Gasteiger partial charge in [-0.05, 0) is 54.0 Å². The number of nitrogens with zero attached hydrogens (tertiary/aromatic N) is 1. The molecule has 4 nitrogen and oxygen atoms in total. The predicted octanol–water partition coefficient (Wildman–Crippen LogP) is 6.24. The van der Waals surface area contributed by atoms with Gasteiger partial charge in [0.25, 0.3) is 0 Å². The minimum absolute atomic E-state index is 0.0730. The van der Waals surface area contributed by atoms with Crippen LogP contribution >= 0.6 is 23.2 Å². The first kappa shape index (κ1) is 26.2. The van der Waals surface area contributed by atoms with Gasteiger partial charge in [-0.15, -0.1) is 0 Å². The molecular weight excluding hydrogens is 443 g/mol. The van der Waals surface area contributed by atoms with E-state index in [-0.39, 0.29) is 18.4 Å². The fourth-order valence-electron chi connectivity index (χ4n) is 3.33. The van der Waals surface area contributed by atoms with Crippen molar-refractivity contribution in [2.45, 2.75) is 66.0 Å². The number of amides is 2. The summed E-state index contributed by atoms with van der Waals surface area (Å²) in [5, 5.41) is 3.82. The number of benzene rings is 2. The Bertz CT molecular complexity index is 911. The number of carbonyl (C=O) groups excluding carboxylic acids is 2. The van der Waals surface area contributed by atoms with Gasteiger partial charge in [0.05, 0.1) is 10.0 Å². The van der Waals surface area contributed by atoms with Crippen LogP contribution in [0.1, 0.15) is 63.6 Å². The van der Waals surface area contributed by atoms with Crippen molar-refractivity contribution in [3.05, 3.63) is 69.2 Å². The van der Waals surface area contributed by atoms with E-state index < -0.39 is 6.04 Å². The van der Waals surface area contributed by atoms with E-state index in [2.05, 4.69) is 43.4 Å². The Balaban J connectivity index is 2.14. The Kier molecular flexibility index (Phi) is 10.0. The quantitative estimate of drug-likeness (QED) is 0.441. The van der Waals surface area contributed by atoms with Crippen molar-refractivity contribution in [1.29, 1.82) is 0 Å². The summed E-state index contributed by atoms with van der Waals surface area (Å²) in [7, 11) is 0. The number of hydrogen-bond donors (Lipinski definition) is 1. The van der Waals surface area contributed by atoms with E-state index in [1.165, 1.54) is 5.56 Å². The van der Waals surface area contributed by atoms with E-state index in [1.54, 1.807) is 24.0 Å². The molecule has 6 heteroatoms. The van der Waals surface area contributed by atoms with Crippen LogP contribution in [0.5, 0.6) is 0 Å². The third-order valence-electron chi connectivity index (χ3n) is 5.46. The van der Waals surface area contributed by atoms with E-state index in [0.717, 1.165) is 11.1 Å². The molecule has 0 aliphatic rings. The summed E-state index contributed by atoms with van der Waals surface area (Å²) < 4.78 is 0. The number of nitrogens with one attached hydrogen (secondary N) is 1. The molecule has 0 saturated heterocycles. The summed E-state index contributed by atoms with van der Waals surface area (Å²) in [6, 6.07) is 13.1. The minimum Gasteiger partial charge on any atom is -0.354 e. The second kappa shape index (κ2) is 12.3. The van der Waals surface area contributed by atoms with E-state index in [9.17, 15) is 9.59 Å². The SMILES string of the molecule is CC(C)CNC(=O)[C@H](C)N(Cc1ccc(Cl)c(Cl)c1)C(=O)CCc1ccc(C(C)C)cc1. The van der Waals surface area contributed by atoms with Gasteiger partial charge in [-0.1, -0.05) is 81.2 Å². The maximum absolute atomic E-state index is 13.2. The Hall–Kier alpha value is -2.04. The van der Waals surface area contributed by atoms with E-state index in [4.69, 9.17) is 23.2 Å². The summed E-state index contributed by atoms with van der Waals surface area (Å²) in [5.41, 5.74) is 3.21. The lowest BCUT2D eigenvalue weighted by Gasteiger charge is -2.29. The van der Waals surface area contributed by atoms with Crippen molar-refractivity contribution < 1.29 is 9.59 Å². The first-order valence-electron chi connectivity index (χ1n) is 11.2. The van der Waals surface area contributed by atoms with Crippen molar-refractivity contribution in [3.8, 4) is 0 Å². The highest BCUT2D eigenvalue weighted by Gasteiger charge is 2.26. The molecule has 0 fully saturated rings. The van der Waals surface area contributed by atoms with E-state index >= 15 is 0 Å². The smallest absolute Gasteiger partial charge is 0.242 e. The molecule has 0 aliphatic carbocycles. The second-order valence-electron chi connectivity index (χ2n) is 8.98. The third-order valence-corrected chi connectivity index (χ3v) is 6.20. The molecule has 2 aromatic carbocycles. The number of hydrogen-bond acceptors (Lipinski definition) is 2. The van der Waals surface area contributed by atoms with Crippen LogP contribution in [0.25, 0.3) is 0 Å². The molecule has 0 aromatic heterocycles. The molecule has 0 radical (unpaired) electrons. The highest BCUT2D eigenvalue weighted by molar-refractivity contribution is 6.42. The van der Waals surface area contributed by atoms with E-state index in [0.29, 0.717) is 41.3 Å². The highest BCUT2D eigenvalue weighted by atomic mass is 35.5. The third kappa shape index (κ3) is 7.83. The first-order chi connectivity index (χ1) is 15.1. The summed E-state index contributed by atoms with van der Waals surface area (Å²) >= 11 is 12.2. The zero-order valence-electron chi connectivity index (χ0n) is 19.6. The molecule has 2 aromatic rings. The second-order valence-corrected chi connectivity index (χ2v) is 9.80. The zero-order chi connectivity index (χ0) is 23.8. The van der Waals surface area contributed by atoms with Gasteiger partial charge in [0.1, 0.15) is 6.04 Å². The average molecular weight is 477 g/mol. The van der Waals surface area contributed by atoms with E-state index in [1.807, 2.05) is 19.9 Å². The molecule has 0 spiro atoms. The van der Waals surface area contributed by atoms with Crippen LogP contribution < -0.4 is 5.32 Å². The summed E-state index contributed by atoms with van der Waals surface area (Å²) in [4.78, 5) is 27.6. The topological polar surface area (TPSA) is 49.4 Å². The van der Waals surface area contributed by atoms with Crippen molar-refractivity contribution in [2.75, 3.05) is 6.54 Å². The van der Waals surface area contributed by atoms with Crippen LogP contribution in [-0.4, -0.2) is 29.3 Å². The van der Waals surface area contributed by atoms with Gasteiger partial charge in [0, 0.05) is 19.5 Å². The fourth-order valence-corrected chi connectivity index (χ4v) is 3.65. The lowest BCUT2D eigenvalue weighted by molar-refractivity contribution is -0.140. The van der Waals surface area contributed by atoms with Crippen molar-refractivity contribution in [2.24, 2.45) is 5.92 Å². The molecule has 0 aliphatic heterocycles. The fraction of sp³-hybridized carbons (Fsp3) is 0.462. The summed E-state index contributed by atoms with van der Waals surface area (Å²) in [6.45, 7) is 11.0. The highest BCUT2D eigenvalue weighted by Crippen LogP contribution is 2.24. The Morgan fingerprint density at radius 1 is 0.906 bits per heavy atom. The number of carbonyl (C=O) groups is 2. The van der Waals surface area contributed by atoms with Crippen molar-refractivity contribution in [3.63, 3.8) is 0 Å². The first-order valence-corrected chi connectivity index (χ1v) is 11.9. The number of aryl methyl sites for hydroxylation is 1. The van der Waals surface area contributed by atoms with Crippen LogP contribution in [0.15, 0.2) is 42.5 Å². The van der Waals surface area contributed by atoms with Crippen LogP contribution in [0.3, 0.4) is 0 Å². The van der Waals surface area contributed by atoms with Gasteiger partial charge in [0.15, 0.2) is 0 Å². The Morgan fingerprint density at radius 3 is 2.09 bits per heavy atom. The largest absolute Gasteiger partial charge is 0.354 e. The lowest BCUT2D eigenvalue weighted by atomic mass is 10.00. The van der Waals surface area contributed by atoms with Crippen LogP contribution in [0, 0.1) is 5.92 Å². The standard InChI is InChI=1S/C26H34Cl2N2O2/c1-17(2)15-29-26(32)19(5)30(16-21-8-12-23(27)24(28)14-21)25(31)13-9-20-6-10-22(11-7-20)18(3)4/h6-8,10-12,14,17-19H,9,13,15-16H2,1-5H3,(H,29,32)/t19-/m0/s1. The van der Waals surface area contributed by atoms with Gasteiger partial charge >= 0.3 is 0 Å². The monoisotopic (exact) mass is 476 g/mol. The summed E-state index contributed by atoms with van der Waals surface area (Å²) in [5.74, 6) is 0.571. The number of rotatable bonds is 10. The van der Waals surface area contributed by atoms with Crippen LogP contribution in [-0.2, 0) is 22.6 Å². The molecule has 174 valence electrons. The lowest BCUT2D eigenvalue weighted by Crippen LogP contribution is -2.48. The van der Waals surface area contributed by atoms with Gasteiger partial charge < -0.3 is 10.2 Å². The maximum atomic E-state index is 13.2. The predicted molar refractivity (Wildman–Crippen MR) is 133 cm³/mol. The normalized spacial score (nSPS) is 12.2. The molecule has 0 heterocycles. The molecule has 2 rings (SSSR count). The molecule has 32 heavy (non-hydrogen) atoms.